The molecule has 3 aromatic rings. The van der Waals surface area contributed by atoms with E-state index in [1.807, 2.05) is 26.0 Å². The molecule has 2 unspecified atom stereocenters. The maximum Gasteiger partial charge on any atom is 0.322 e. The SMILES string of the molecule is Cc1ccc(Cc2nnc(NC(=O)c3ccc(S(=O)(=O)N4CC(C)CC(C)C4)cc3)o2)c(C)c1. The van der Waals surface area contributed by atoms with E-state index in [1.54, 1.807) is 0 Å². The number of hydrogen-bond acceptors (Lipinski definition) is 6. The summed E-state index contributed by atoms with van der Waals surface area (Å²) in [7, 11) is -3.60. The van der Waals surface area contributed by atoms with Crippen LogP contribution in [0.25, 0.3) is 0 Å². The smallest absolute Gasteiger partial charge is 0.322 e. The molecule has 34 heavy (non-hydrogen) atoms. The summed E-state index contributed by atoms with van der Waals surface area (Å²) in [4.78, 5) is 12.8. The van der Waals surface area contributed by atoms with E-state index < -0.39 is 15.9 Å². The number of aromatic nitrogens is 2. The van der Waals surface area contributed by atoms with Gasteiger partial charge in [0, 0.05) is 18.7 Å². The van der Waals surface area contributed by atoms with Crippen LogP contribution in [0.5, 0.6) is 0 Å². The fraction of sp³-hybridized carbons (Fsp3) is 0.400. The van der Waals surface area contributed by atoms with Crippen LogP contribution >= 0.6 is 0 Å². The predicted octanol–water partition coefficient (Wildman–Crippen LogP) is 4.20. The highest BCUT2D eigenvalue weighted by Crippen LogP contribution is 2.27. The van der Waals surface area contributed by atoms with Crippen LogP contribution in [0.4, 0.5) is 6.01 Å². The normalized spacial score (nSPS) is 19.2. The topological polar surface area (TPSA) is 105 Å². The minimum Gasteiger partial charge on any atom is -0.407 e. The van der Waals surface area contributed by atoms with Gasteiger partial charge in [-0.05, 0) is 67.5 Å². The average molecular weight is 483 g/mol. The summed E-state index contributed by atoms with van der Waals surface area (Å²) in [6.07, 6.45) is 1.49. The van der Waals surface area contributed by atoms with Gasteiger partial charge in [0.05, 0.1) is 11.3 Å². The number of amides is 1. The molecule has 1 aliphatic rings. The second kappa shape index (κ2) is 9.68. The third kappa shape index (κ3) is 5.37. The number of hydrogen-bond donors (Lipinski definition) is 1. The molecule has 0 saturated carbocycles. The Morgan fingerprint density at radius 2 is 1.74 bits per heavy atom. The Bertz CT molecular complexity index is 1270. The second-order valence-electron chi connectivity index (χ2n) is 9.35. The quantitative estimate of drug-likeness (QED) is 0.565. The fourth-order valence-corrected chi connectivity index (χ4v) is 6.16. The molecule has 1 N–H and O–H groups in total. The van der Waals surface area contributed by atoms with Gasteiger partial charge in [0.2, 0.25) is 15.9 Å². The number of aryl methyl sites for hydroxylation is 2. The third-order valence-corrected chi connectivity index (χ3v) is 7.96. The van der Waals surface area contributed by atoms with E-state index in [2.05, 4.69) is 35.4 Å². The number of piperidine rings is 1. The Labute approximate surface area is 200 Å². The Morgan fingerprint density at radius 3 is 2.38 bits per heavy atom. The van der Waals surface area contributed by atoms with Gasteiger partial charge in [-0.25, -0.2) is 8.42 Å². The standard InChI is InChI=1S/C25H30N4O4S/c1-16-5-6-21(19(4)12-16)13-23-27-28-25(33-23)26-24(30)20-7-9-22(10-8-20)34(31,32)29-14-17(2)11-18(3)15-29/h5-10,12,17-18H,11,13-15H2,1-4H3,(H,26,28,30). The van der Waals surface area contributed by atoms with E-state index in [1.165, 1.54) is 34.1 Å². The molecule has 1 saturated heterocycles. The lowest BCUT2D eigenvalue weighted by Crippen LogP contribution is -2.42. The van der Waals surface area contributed by atoms with E-state index in [0.29, 0.717) is 42.8 Å². The molecular weight excluding hydrogens is 452 g/mol. The first-order valence-electron chi connectivity index (χ1n) is 11.4. The summed E-state index contributed by atoms with van der Waals surface area (Å²) in [5, 5.41) is 10.5. The number of carbonyl (C=O) groups is 1. The van der Waals surface area contributed by atoms with Crippen molar-refractivity contribution in [2.24, 2.45) is 11.8 Å². The third-order valence-electron chi connectivity index (χ3n) is 6.12. The first-order valence-corrected chi connectivity index (χ1v) is 12.9. The van der Waals surface area contributed by atoms with Crippen LogP contribution in [-0.2, 0) is 16.4 Å². The highest BCUT2D eigenvalue weighted by Gasteiger charge is 2.31. The van der Waals surface area contributed by atoms with Crippen LogP contribution in [0, 0.1) is 25.7 Å². The first kappa shape index (κ1) is 24.1. The fourth-order valence-electron chi connectivity index (χ4n) is 4.48. The van der Waals surface area contributed by atoms with Gasteiger partial charge in [0.15, 0.2) is 0 Å². The lowest BCUT2D eigenvalue weighted by atomic mass is 9.94. The molecule has 2 heterocycles. The van der Waals surface area contributed by atoms with Crippen LogP contribution in [0.1, 0.15) is 53.2 Å². The van der Waals surface area contributed by atoms with E-state index in [4.69, 9.17) is 4.42 Å². The van der Waals surface area contributed by atoms with Gasteiger partial charge >= 0.3 is 6.01 Å². The van der Waals surface area contributed by atoms with Crippen molar-refractivity contribution in [2.75, 3.05) is 18.4 Å². The molecule has 4 rings (SSSR count). The Kier molecular flexibility index (Phi) is 6.86. The molecule has 1 fully saturated rings. The Balaban J connectivity index is 1.41. The van der Waals surface area contributed by atoms with Crippen LogP contribution in [0.3, 0.4) is 0 Å². The minimum absolute atomic E-state index is 0.00208. The molecule has 180 valence electrons. The monoisotopic (exact) mass is 482 g/mol. The zero-order valence-corrected chi connectivity index (χ0v) is 20.7. The number of sulfonamides is 1. The summed E-state index contributed by atoms with van der Waals surface area (Å²) in [5.74, 6) is 0.579. The van der Waals surface area contributed by atoms with Gasteiger partial charge in [-0.1, -0.05) is 42.7 Å². The van der Waals surface area contributed by atoms with Gasteiger partial charge in [-0.3, -0.25) is 10.1 Å². The molecule has 1 amide bonds. The van der Waals surface area contributed by atoms with E-state index in [-0.39, 0.29) is 10.9 Å². The molecule has 2 atom stereocenters. The first-order chi connectivity index (χ1) is 16.1. The number of benzene rings is 2. The van der Waals surface area contributed by atoms with Crippen molar-refractivity contribution >= 4 is 21.9 Å². The van der Waals surface area contributed by atoms with Crippen LogP contribution in [0.15, 0.2) is 51.8 Å². The van der Waals surface area contributed by atoms with Crippen molar-refractivity contribution in [3.8, 4) is 0 Å². The van der Waals surface area contributed by atoms with Crippen molar-refractivity contribution in [3.05, 3.63) is 70.6 Å². The van der Waals surface area contributed by atoms with Crippen molar-refractivity contribution in [1.82, 2.24) is 14.5 Å². The lowest BCUT2D eigenvalue weighted by Gasteiger charge is -2.34. The molecule has 9 heteroatoms. The van der Waals surface area contributed by atoms with E-state index >= 15 is 0 Å². The summed E-state index contributed by atoms with van der Waals surface area (Å²) in [6.45, 7) is 9.21. The van der Waals surface area contributed by atoms with Crippen LogP contribution in [0.2, 0.25) is 0 Å². The van der Waals surface area contributed by atoms with Crippen LogP contribution < -0.4 is 5.32 Å². The number of rotatable bonds is 6. The van der Waals surface area contributed by atoms with Crippen LogP contribution in [-0.4, -0.2) is 41.9 Å². The zero-order valence-electron chi connectivity index (χ0n) is 19.9. The lowest BCUT2D eigenvalue weighted by molar-refractivity contribution is 0.102. The van der Waals surface area contributed by atoms with Gasteiger partial charge in [0.25, 0.3) is 5.91 Å². The van der Waals surface area contributed by atoms with E-state index in [9.17, 15) is 13.2 Å². The zero-order chi connectivity index (χ0) is 24.5. The highest BCUT2D eigenvalue weighted by atomic mass is 32.2. The molecule has 1 aliphatic heterocycles. The van der Waals surface area contributed by atoms with E-state index in [0.717, 1.165) is 17.5 Å². The molecule has 1 aromatic heterocycles. The Morgan fingerprint density at radius 1 is 1.06 bits per heavy atom. The molecule has 0 aliphatic carbocycles. The van der Waals surface area contributed by atoms with Crippen molar-refractivity contribution in [3.63, 3.8) is 0 Å². The molecule has 0 radical (unpaired) electrons. The minimum atomic E-state index is -3.60. The predicted molar refractivity (Wildman–Crippen MR) is 129 cm³/mol. The number of anilines is 1. The number of nitrogens with one attached hydrogen (secondary N) is 1. The maximum atomic E-state index is 13.0. The van der Waals surface area contributed by atoms with Crippen molar-refractivity contribution in [1.29, 1.82) is 0 Å². The highest BCUT2D eigenvalue weighted by molar-refractivity contribution is 7.89. The van der Waals surface area contributed by atoms with Crippen molar-refractivity contribution < 1.29 is 17.6 Å². The van der Waals surface area contributed by atoms with Gasteiger partial charge in [0.1, 0.15) is 0 Å². The summed E-state index contributed by atoms with van der Waals surface area (Å²) >= 11 is 0. The average Bonchev–Trinajstić information content (AvgIpc) is 3.22. The summed E-state index contributed by atoms with van der Waals surface area (Å²) in [6, 6.07) is 12.0. The van der Waals surface area contributed by atoms with Gasteiger partial charge in [-0.15, -0.1) is 5.10 Å². The number of nitrogens with zero attached hydrogens (tertiary/aromatic N) is 3. The molecule has 0 spiro atoms. The number of carbonyl (C=O) groups excluding carboxylic acids is 1. The van der Waals surface area contributed by atoms with Gasteiger partial charge < -0.3 is 4.42 Å². The maximum absolute atomic E-state index is 13.0. The second-order valence-corrected chi connectivity index (χ2v) is 11.3. The molecule has 8 nitrogen and oxygen atoms in total. The summed E-state index contributed by atoms with van der Waals surface area (Å²) in [5.41, 5.74) is 3.68. The summed E-state index contributed by atoms with van der Waals surface area (Å²) < 4.78 is 33.2. The Hall–Kier alpha value is -3.04. The largest absolute Gasteiger partial charge is 0.407 e. The van der Waals surface area contributed by atoms with Crippen molar-refractivity contribution in [2.45, 2.75) is 45.4 Å². The molecule has 0 bridgehead atoms. The molecule has 2 aromatic carbocycles. The molecular formula is C25H30N4O4S. The van der Waals surface area contributed by atoms with Gasteiger partial charge in [-0.2, -0.15) is 4.31 Å².